The van der Waals surface area contributed by atoms with Crippen molar-refractivity contribution in [3.05, 3.63) is 78.2 Å². The molecule has 0 saturated heterocycles. The summed E-state index contributed by atoms with van der Waals surface area (Å²) < 4.78 is 26.0. The van der Waals surface area contributed by atoms with Crippen molar-refractivity contribution in [2.45, 2.75) is 0 Å². The minimum absolute atomic E-state index is 0.681. The molecule has 7 heteroatoms. The molecule has 2 aromatic heterocycles. The lowest BCUT2D eigenvalue weighted by Gasteiger charge is -2.10. The summed E-state index contributed by atoms with van der Waals surface area (Å²) in [5, 5.41) is 1.04. The molecule has 0 unspecified atom stereocenters. The van der Waals surface area contributed by atoms with Gasteiger partial charge in [-0.25, -0.2) is 4.98 Å². The normalized spacial score (nSPS) is 10.7. The first-order chi connectivity index (χ1) is 18.5. The molecular formula is C31H29N3O4. The van der Waals surface area contributed by atoms with E-state index in [9.17, 15) is 0 Å². The summed E-state index contributed by atoms with van der Waals surface area (Å²) in [6.45, 7) is 0. The number of rotatable bonds is 6. The molecule has 0 spiro atoms. The highest BCUT2D eigenvalue weighted by Gasteiger charge is 2.19. The highest BCUT2D eigenvalue weighted by Crippen LogP contribution is 2.37. The van der Waals surface area contributed by atoms with Gasteiger partial charge in [0, 0.05) is 36.6 Å². The zero-order chi connectivity index (χ0) is 26.8. The van der Waals surface area contributed by atoms with E-state index < -0.39 is 0 Å². The van der Waals surface area contributed by atoms with E-state index in [1.54, 1.807) is 34.8 Å². The Morgan fingerprint density at radius 2 is 1.39 bits per heavy atom. The van der Waals surface area contributed by atoms with Crippen LogP contribution in [0.5, 0.6) is 23.0 Å². The van der Waals surface area contributed by atoms with Crippen LogP contribution in [0, 0.1) is 11.8 Å². The van der Waals surface area contributed by atoms with E-state index in [0.717, 1.165) is 44.5 Å². The fraction of sp³-hybridized carbons (Fsp3) is 0.194. The number of aromatic nitrogens is 3. The summed E-state index contributed by atoms with van der Waals surface area (Å²) in [6, 6.07) is 18.0. The van der Waals surface area contributed by atoms with Crippen molar-refractivity contribution in [2.24, 2.45) is 14.1 Å². The highest BCUT2D eigenvalue weighted by atomic mass is 16.5. The maximum Gasteiger partial charge on any atom is 0.161 e. The van der Waals surface area contributed by atoms with E-state index in [0.29, 0.717) is 23.0 Å². The van der Waals surface area contributed by atoms with Crippen molar-refractivity contribution in [1.29, 1.82) is 0 Å². The minimum atomic E-state index is 0.681. The molecular weight excluding hydrogens is 478 g/mol. The Balaban J connectivity index is 1.73. The Hall–Kier alpha value is -4.83. The Labute approximate surface area is 222 Å². The average Bonchev–Trinajstić information content (AvgIpc) is 3.50. The number of fused-ring (bicyclic) bond motifs is 1. The van der Waals surface area contributed by atoms with Crippen molar-refractivity contribution in [1.82, 2.24) is 14.1 Å². The Morgan fingerprint density at radius 3 is 2.03 bits per heavy atom. The lowest BCUT2D eigenvalue weighted by molar-refractivity contribution is 0.355. The van der Waals surface area contributed by atoms with E-state index in [-0.39, 0.29) is 0 Å². The van der Waals surface area contributed by atoms with Crippen molar-refractivity contribution in [3.8, 4) is 57.4 Å². The van der Waals surface area contributed by atoms with Gasteiger partial charge in [0.2, 0.25) is 0 Å². The Bertz CT molecular complexity index is 1680. The molecule has 0 amide bonds. The zero-order valence-corrected chi connectivity index (χ0v) is 22.3. The minimum Gasteiger partial charge on any atom is -0.497 e. The second-order valence-electron chi connectivity index (χ2n) is 8.83. The van der Waals surface area contributed by atoms with Crippen LogP contribution in [0.1, 0.15) is 11.1 Å². The van der Waals surface area contributed by atoms with Crippen molar-refractivity contribution in [3.63, 3.8) is 0 Å². The van der Waals surface area contributed by atoms with Crippen molar-refractivity contribution in [2.75, 3.05) is 28.4 Å². The fourth-order valence-corrected chi connectivity index (χ4v) is 4.67. The summed E-state index contributed by atoms with van der Waals surface area (Å²) >= 11 is 0. The zero-order valence-electron chi connectivity index (χ0n) is 22.3. The molecule has 0 aliphatic rings. The molecule has 0 bridgehead atoms. The largest absolute Gasteiger partial charge is 0.497 e. The number of benzene rings is 3. The van der Waals surface area contributed by atoms with Crippen molar-refractivity contribution < 1.29 is 18.9 Å². The predicted octanol–water partition coefficient (Wildman–Crippen LogP) is 5.68. The van der Waals surface area contributed by atoms with E-state index in [1.807, 2.05) is 54.2 Å². The van der Waals surface area contributed by atoms with Crippen LogP contribution in [-0.4, -0.2) is 42.6 Å². The van der Waals surface area contributed by atoms with Gasteiger partial charge in [0.25, 0.3) is 0 Å². The smallest absolute Gasteiger partial charge is 0.161 e. The molecule has 0 aliphatic carbocycles. The molecule has 7 nitrogen and oxygen atoms in total. The van der Waals surface area contributed by atoms with Gasteiger partial charge in [0.15, 0.2) is 11.5 Å². The molecule has 192 valence electrons. The van der Waals surface area contributed by atoms with Gasteiger partial charge in [-0.15, -0.1) is 0 Å². The molecule has 0 atom stereocenters. The predicted molar refractivity (Wildman–Crippen MR) is 149 cm³/mol. The topological polar surface area (TPSA) is 59.7 Å². The summed E-state index contributed by atoms with van der Waals surface area (Å²) in [4.78, 5) is 4.36. The lowest BCUT2D eigenvalue weighted by Crippen LogP contribution is -1.97. The number of imidazole rings is 1. The van der Waals surface area contributed by atoms with Gasteiger partial charge in [-0.1, -0.05) is 24.0 Å². The third-order valence-corrected chi connectivity index (χ3v) is 6.66. The van der Waals surface area contributed by atoms with Crippen LogP contribution in [0.3, 0.4) is 0 Å². The summed E-state index contributed by atoms with van der Waals surface area (Å²) in [7, 11) is 10.6. The van der Waals surface area contributed by atoms with Crippen LogP contribution in [-0.2, 0) is 14.1 Å². The quantitative estimate of drug-likeness (QED) is 0.277. The molecule has 0 aliphatic heterocycles. The molecule has 2 heterocycles. The molecule has 3 aromatic carbocycles. The maximum atomic E-state index is 5.54. The van der Waals surface area contributed by atoms with Crippen LogP contribution in [0.2, 0.25) is 0 Å². The van der Waals surface area contributed by atoms with Crippen LogP contribution in [0.15, 0.2) is 67.1 Å². The molecule has 0 radical (unpaired) electrons. The lowest BCUT2D eigenvalue weighted by atomic mass is 10.0. The number of hydrogen-bond acceptors (Lipinski definition) is 5. The molecule has 5 aromatic rings. The first-order valence-electron chi connectivity index (χ1n) is 12.0. The standard InChI is InChI=1S/C31H29N3O4/c1-33-19-32-18-28(33)31-25(10-7-20-13-23(35-3)17-24(14-20)36-4)26-15-21(8-11-27(26)34(31)2)22-9-12-29(37-5)30(16-22)38-6/h8-9,11-19H,1-6H3. The van der Waals surface area contributed by atoms with E-state index >= 15 is 0 Å². The summed E-state index contributed by atoms with van der Waals surface area (Å²) in [6.07, 6.45) is 3.66. The maximum absolute atomic E-state index is 5.54. The number of methoxy groups -OCH3 is 4. The third kappa shape index (κ3) is 4.41. The number of nitrogens with zero attached hydrogens (tertiary/aromatic N) is 3. The first-order valence-corrected chi connectivity index (χ1v) is 12.0. The average molecular weight is 508 g/mol. The first kappa shape index (κ1) is 24.8. The van der Waals surface area contributed by atoms with Gasteiger partial charge >= 0.3 is 0 Å². The Kier molecular flexibility index (Phi) is 6.71. The van der Waals surface area contributed by atoms with Gasteiger partial charge in [-0.05, 0) is 47.5 Å². The second-order valence-corrected chi connectivity index (χ2v) is 8.83. The highest BCUT2D eigenvalue weighted by molar-refractivity contribution is 5.97. The molecule has 38 heavy (non-hydrogen) atoms. The van der Waals surface area contributed by atoms with Crippen LogP contribution in [0.25, 0.3) is 33.4 Å². The monoisotopic (exact) mass is 507 g/mol. The fourth-order valence-electron chi connectivity index (χ4n) is 4.67. The van der Waals surface area contributed by atoms with Crippen molar-refractivity contribution >= 4 is 10.9 Å². The number of aryl methyl sites for hydroxylation is 2. The third-order valence-electron chi connectivity index (χ3n) is 6.66. The number of hydrogen-bond donors (Lipinski definition) is 0. The van der Waals surface area contributed by atoms with Gasteiger partial charge in [-0.3, -0.25) is 0 Å². The van der Waals surface area contributed by atoms with Gasteiger partial charge in [0.1, 0.15) is 11.5 Å². The SMILES string of the molecule is COc1cc(C#Cc2c(-c3cncn3C)n(C)c3ccc(-c4ccc(OC)c(OC)c4)cc23)cc(OC)c1. The summed E-state index contributed by atoms with van der Waals surface area (Å²) in [5.41, 5.74) is 6.81. The molecule has 0 saturated carbocycles. The second kappa shape index (κ2) is 10.3. The number of ether oxygens (including phenoxy) is 4. The van der Waals surface area contributed by atoms with E-state index in [4.69, 9.17) is 18.9 Å². The van der Waals surface area contributed by atoms with Gasteiger partial charge in [0.05, 0.1) is 57.9 Å². The molecule has 0 N–H and O–H groups in total. The van der Waals surface area contributed by atoms with Crippen LogP contribution >= 0.6 is 0 Å². The van der Waals surface area contributed by atoms with E-state index in [2.05, 4.69) is 46.6 Å². The Morgan fingerprint density at radius 1 is 0.711 bits per heavy atom. The van der Waals surface area contributed by atoms with Gasteiger partial charge < -0.3 is 28.1 Å². The van der Waals surface area contributed by atoms with Crippen LogP contribution in [0.4, 0.5) is 0 Å². The van der Waals surface area contributed by atoms with Crippen LogP contribution < -0.4 is 18.9 Å². The summed E-state index contributed by atoms with van der Waals surface area (Å²) in [5.74, 6) is 9.55. The van der Waals surface area contributed by atoms with Gasteiger partial charge in [-0.2, -0.15) is 0 Å². The molecule has 5 rings (SSSR count). The molecule has 0 fully saturated rings. The van der Waals surface area contributed by atoms with E-state index in [1.165, 1.54) is 0 Å².